The van der Waals surface area contributed by atoms with Crippen molar-refractivity contribution in [1.82, 2.24) is 4.98 Å². The highest BCUT2D eigenvalue weighted by Crippen LogP contribution is 2.24. The predicted octanol–water partition coefficient (Wildman–Crippen LogP) is 3.13. The molecule has 0 amide bonds. The van der Waals surface area contributed by atoms with Gasteiger partial charge in [0.25, 0.3) is 0 Å². The molecular weight excluding hydrogens is 198 g/mol. The summed E-state index contributed by atoms with van der Waals surface area (Å²) in [5.74, 6) is 0. The highest BCUT2D eigenvalue weighted by molar-refractivity contribution is 5.30. The van der Waals surface area contributed by atoms with Crippen LogP contribution in [-0.2, 0) is 4.74 Å². The summed E-state index contributed by atoms with van der Waals surface area (Å²) < 4.78 is 5.53. The minimum Gasteiger partial charge on any atom is -0.372 e. The number of aromatic nitrogens is 1. The van der Waals surface area contributed by atoms with E-state index in [1.54, 1.807) is 19.5 Å². The SMILES string of the molecule is COC(c1ccncc1)c1ccc(C)cc1. The van der Waals surface area contributed by atoms with Gasteiger partial charge in [-0.15, -0.1) is 0 Å². The van der Waals surface area contributed by atoms with Gasteiger partial charge in [-0.1, -0.05) is 29.8 Å². The maximum atomic E-state index is 5.53. The standard InChI is InChI=1S/C14H15NO/c1-11-3-5-12(6-4-11)14(16-2)13-7-9-15-10-8-13/h3-10,14H,1-2H3. The maximum Gasteiger partial charge on any atom is 0.107 e. The van der Waals surface area contributed by atoms with Gasteiger partial charge in [0.1, 0.15) is 6.10 Å². The molecule has 0 radical (unpaired) electrons. The number of hydrogen-bond donors (Lipinski definition) is 0. The average Bonchev–Trinajstić information content (AvgIpc) is 2.34. The van der Waals surface area contributed by atoms with Crippen molar-refractivity contribution < 1.29 is 4.74 Å². The fraction of sp³-hybridized carbons (Fsp3) is 0.214. The van der Waals surface area contributed by atoms with Crippen molar-refractivity contribution in [2.75, 3.05) is 7.11 Å². The van der Waals surface area contributed by atoms with Gasteiger partial charge in [0.05, 0.1) is 0 Å². The van der Waals surface area contributed by atoms with Crippen LogP contribution in [0.5, 0.6) is 0 Å². The Bertz CT molecular complexity index is 436. The Morgan fingerprint density at radius 2 is 1.50 bits per heavy atom. The monoisotopic (exact) mass is 213 g/mol. The van der Waals surface area contributed by atoms with Gasteiger partial charge in [-0.05, 0) is 30.2 Å². The van der Waals surface area contributed by atoms with E-state index in [1.807, 2.05) is 12.1 Å². The third kappa shape index (κ3) is 2.28. The lowest BCUT2D eigenvalue weighted by molar-refractivity contribution is 0.136. The van der Waals surface area contributed by atoms with E-state index < -0.39 is 0 Å². The van der Waals surface area contributed by atoms with Gasteiger partial charge in [-0.3, -0.25) is 4.98 Å². The Morgan fingerprint density at radius 3 is 2.06 bits per heavy atom. The van der Waals surface area contributed by atoms with Crippen LogP contribution in [0.1, 0.15) is 22.8 Å². The zero-order valence-corrected chi connectivity index (χ0v) is 9.55. The van der Waals surface area contributed by atoms with E-state index in [4.69, 9.17) is 4.74 Å². The molecule has 0 saturated heterocycles. The van der Waals surface area contributed by atoms with Gasteiger partial charge in [0.2, 0.25) is 0 Å². The number of nitrogens with zero attached hydrogens (tertiary/aromatic N) is 1. The molecule has 0 aliphatic rings. The molecule has 0 bridgehead atoms. The van der Waals surface area contributed by atoms with Gasteiger partial charge >= 0.3 is 0 Å². The first-order chi connectivity index (χ1) is 7.81. The first kappa shape index (κ1) is 10.8. The molecule has 2 aromatic rings. The number of aryl methyl sites for hydroxylation is 1. The predicted molar refractivity (Wildman–Crippen MR) is 64.3 cm³/mol. The summed E-state index contributed by atoms with van der Waals surface area (Å²) in [4.78, 5) is 4.01. The molecule has 2 heteroatoms. The molecule has 1 unspecified atom stereocenters. The van der Waals surface area contributed by atoms with Crippen molar-refractivity contribution in [1.29, 1.82) is 0 Å². The Labute approximate surface area is 95.9 Å². The molecule has 0 fully saturated rings. The van der Waals surface area contributed by atoms with Crippen LogP contribution in [0.2, 0.25) is 0 Å². The quantitative estimate of drug-likeness (QED) is 0.781. The molecule has 2 rings (SSSR count). The molecule has 0 spiro atoms. The van der Waals surface area contributed by atoms with E-state index >= 15 is 0 Å². The molecule has 0 aliphatic heterocycles. The maximum absolute atomic E-state index is 5.53. The number of methoxy groups -OCH3 is 1. The van der Waals surface area contributed by atoms with Gasteiger partial charge in [-0.2, -0.15) is 0 Å². The van der Waals surface area contributed by atoms with Gasteiger partial charge in [-0.25, -0.2) is 0 Å². The number of benzene rings is 1. The van der Waals surface area contributed by atoms with Crippen LogP contribution >= 0.6 is 0 Å². The first-order valence-corrected chi connectivity index (χ1v) is 5.30. The largest absolute Gasteiger partial charge is 0.372 e. The summed E-state index contributed by atoms with van der Waals surface area (Å²) in [6.07, 6.45) is 3.56. The van der Waals surface area contributed by atoms with Crippen LogP contribution in [0.3, 0.4) is 0 Å². The van der Waals surface area contributed by atoms with Gasteiger partial charge in [0, 0.05) is 19.5 Å². The summed E-state index contributed by atoms with van der Waals surface area (Å²) in [6.45, 7) is 2.08. The fourth-order valence-corrected chi connectivity index (χ4v) is 1.74. The minimum absolute atomic E-state index is 0.0106. The molecule has 16 heavy (non-hydrogen) atoms. The van der Waals surface area contributed by atoms with E-state index in [1.165, 1.54) is 11.1 Å². The Balaban J connectivity index is 2.33. The van der Waals surface area contributed by atoms with Gasteiger partial charge in [0.15, 0.2) is 0 Å². The molecular formula is C14H15NO. The second kappa shape index (κ2) is 4.90. The molecule has 1 atom stereocenters. The van der Waals surface area contributed by atoms with Crippen LogP contribution in [0.25, 0.3) is 0 Å². The summed E-state index contributed by atoms with van der Waals surface area (Å²) in [6, 6.07) is 12.4. The average molecular weight is 213 g/mol. The van der Waals surface area contributed by atoms with Crippen LogP contribution in [0, 0.1) is 6.92 Å². The van der Waals surface area contributed by atoms with E-state index in [0.717, 1.165) is 5.56 Å². The van der Waals surface area contributed by atoms with Crippen molar-refractivity contribution in [3.05, 3.63) is 65.5 Å². The molecule has 82 valence electrons. The molecule has 0 aliphatic carbocycles. The highest BCUT2D eigenvalue weighted by atomic mass is 16.5. The van der Waals surface area contributed by atoms with Crippen molar-refractivity contribution in [2.24, 2.45) is 0 Å². The van der Waals surface area contributed by atoms with Crippen molar-refractivity contribution >= 4 is 0 Å². The van der Waals surface area contributed by atoms with Crippen LogP contribution < -0.4 is 0 Å². The zero-order valence-electron chi connectivity index (χ0n) is 9.55. The molecule has 2 nitrogen and oxygen atoms in total. The van der Waals surface area contributed by atoms with Crippen LogP contribution in [0.4, 0.5) is 0 Å². The number of pyridine rings is 1. The van der Waals surface area contributed by atoms with E-state index in [2.05, 4.69) is 36.2 Å². The number of ether oxygens (including phenoxy) is 1. The van der Waals surface area contributed by atoms with E-state index in [0.29, 0.717) is 0 Å². The summed E-state index contributed by atoms with van der Waals surface area (Å²) >= 11 is 0. The molecule has 1 aromatic carbocycles. The second-order valence-electron chi connectivity index (χ2n) is 3.81. The highest BCUT2D eigenvalue weighted by Gasteiger charge is 2.12. The van der Waals surface area contributed by atoms with Crippen molar-refractivity contribution in [2.45, 2.75) is 13.0 Å². The lowest BCUT2D eigenvalue weighted by atomic mass is 10.0. The topological polar surface area (TPSA) is 22.1 Å². The van der Waals surface area contributed by atoms with Gasteiger partial charge < -0.3 is 4.74 Å². The third-order valence-electron chi connectivity index (χ3n) is 2.62. The van der Waals surface area contributed by atoms with E-state index in [9.17, 15) is 0 Å². The molecule has 0 N–H and O–H groups in total. The molecule has 0 saturated carbocycles. The van der Waals surface area contributed by atoms with Crippen LogP contribution in [-0.4, -0.2) is 12.1 Å². The third-order valence-corrected chi connectivity index (χ3v) is 2.62. The fourth-order valence-electron chi connectivity index (χ4n) is 1.74. The van der Waals surface area contributed by atoms with E-state index in [-0.39, 0.29) is 6.10 Å². The summed E-state index contributed by atoms with van der Waals surface area (Å²) in [7, 11) is 1.73. The summed E-state index contributed by atoms with van der Waals surface area (Å²) in [5.41, 5.74) is 3.55. The number of hydrogen-bond acceptors (Lipinski definition) is 2. The lowest BCUT2D eigenvalue weighted by Gasteiger charge is -2.16. The summed E-state index contributed by atoms with van der Waals surface area (Å²) in [5, 5.41) is 0. The first-order valence-electron chi connectivity index (χ1n) is 5.30. The zero-order chi connectivity index (χ0) is 11.4. The second-order valence-corrected chi connectivity index (χ2v) is 3.81. The molecule has 1 aromatic heterocycles. The van der Waals surface area contributed by atoms with Crippen molar-refractivity contribution in [3.63, 3.8) is 0 Å². The lowest BCUT2D eigenvalue weighted by Crippen LogP contribution is -2.03. The minimum atomic E-state index is -0.0106. The smallest absolute Gasteiger partial charge is 0.107 e. The Morgan fingerprint density at radius 1 is 0.938 bits per heavy atom. The normalized spacial score (nSPS) is 12.4. The molecule has 1 heterocycles. The van der Waals surface area contributed by atoms with Crippen molar-refractivity contribution in [3.8, 4) is 0 Å². The van der Waals surface area contributed by atoms with Crippen LogP contribution in [0.15, 0.2) is 48.8 Å². The Kier molecular flexibility index (Phi) is 3.32. The Hall–Kier alpha value is -1.67. The number of rotatable bonds is 3.